The molecule has 0 radical (unpaired) electrons. The lowest BCUT2D eigenvalue weighted by atomic mass is 10.1. The lowest BCUT2D eigenvalue weighted by molar-refractivity contribution is -0.0536. The number of rotatable bonds is 5. The first-order valence-electron chi connectivity index (χ1n) is 6.71. The third-order valence-corrected chi connectivity index (χ3v) is 2.92. The van der Waals surface area contributed by atoms with Gasteiger partial charge in [-0.2, -0.15) is 0 Å². The average molecular weight is 282 g/mol. The molecule has 2 unspecified atom stereocenters. The van der Waals surface area contributed by atoms with Crippen LogP contribution >= 0.6 is 0 Å². The zero-order chi connectivity index (χ0) is 14.9. The van der Waals surface area contributed by atoms with Gasteiger partial charge in [-0.1, -0.05) is 72.5 Å². The molecule has 0 aliphatic heterocycles. The number of aliphatic hydroxyl groups excluding tert-OH is 1. The van der Waals surface area contributed by atoms with Crippen molar-refractivity contribution in [1.82, 2.24) is 0 Å². The third-order valence-electron chi connectivity index (χ3n) is 2.92. The smallest absolute Gasteiger partial charge is 0.148 e. The number of benzene rings is 2. The second-order valence-corrected chi connectivity index (χ2v) is 4.47. The quantitative estimate of drug-likeness (QED) is 0.676. The van der Waals surface area contributed by atoms with E-state index in [2.05, 4.69) is 11.8 Å². The van der Waals surface area contributed by atoms with Gasteiger partial charge in [0.25, 0.3) is 0 Å². The Labute approximate surface area is 125 Å². The maximum absolute atomic E-state index is 10.1. The molecule has 2 aromatic rings. The van der Waals surface area contributed by atoms with Crippen LogP contribution in [0.3, 0.4) is 0 Å². The Balaban J connectivity index is 2.14. The van der Waals surface area contributed by atoms with Crippen molar-refractivity contribution in [2.24, 2.45) is 0 Å². The zero-order valence-corrected chi connectivity index (χ0v) is 11.9. The number of hydrogen-bond acceptors (Lipinski definition) is 3. The van der Waals surface area contributed by atoms with Crippen molar-refractivity contribution < 1.29 is 14.6 Å². The summed E-state index contributed by atoms with van der Waals surface area (Å²) in [7, 11) is 1.56. The molecule has 2 rings (SSSR count). The monoisotopic (exact) mass is 282 g/mol. The predicted octanol–water partition coefficient (Wildman–Crippen LogP) is 3.09. The molecular weight excluding hydrogens is 264 g/mol. The standard InChI is InChI=1S/C18H18O3/c1-20-14-21-18(16-10-6-3-7-11-16)13-12-17(19)15-8-4-2-5-9-15/h2-11,17-19H,14H2,1H3. The average Bonchev–Trinajstić information content (AvgIpc) is 2.56. The summed E-state index contributed by atoms with van der Waals surface area (Å²) in [6.07, 6.45) is -1.26. The summed E-state index contributed by atoms with van der Waals surface area (Å²) in [6.45, 7) is 0.148. The molecule has 2 aromatic carbocycles. The molecule has 0 heterocycles. The second-order valence-electron chi connectivity index (χ2n) is 4.47. The van der Waals surface area contributed by atoms with E-state index in [0.29, 0.717) is 0 Å². The highest BCUT2D eigenvalue weighted by molar-refractivity contribution is 5.29. The van der Waals surface area contributed by atoms with Crippen LogP contribution in [-0.2, 0) is 9.47 Å². The molecule has 0 bridgehead atoms. The van der Waals surface area contributed by atoms with Crippen molar-refractivity contribution in [3.63, 3.8) is 0 Å². The summed E-state index contributed by atoms with van der Waals surface area (Å²) in [4.78, 5) is 0. The molecule has 0 saturated heterocycles. The van der Waals surface area contributed by atoms with Gasteiger partial charge in [-0.25, -0.2) is 0 Å². The van der Waals surface area contributed by atoms with E-state index in [-0.39, 0.29) is 6.79 Å². The van der Waals surface area contributed by atoms with E-state index in [9.17, 15) is 5.11 Å². The number of aliphatic hydroxyl groups is 1. The highest BCUT2D eigenvalue weighted by Gasteiger charge is 2.09. The van der Waals surface area contributed by atoms with Crippen LogP contribution in [0, 0.1) is 11.8 Å². The molecule has 0 amide bonds. The molecular formula is C18H18O3. The highest BCUT2D eigenvalue weighted by Crippen LogP contribution is 2.17. The van der Waals surface area contributed by atoms with Crippen LogP contribution in [0.5, 0.6) is 0 Å². The van der Waals surface area contributed by atoms with E-state index >= 15 is 0 Å². The Kier molecular flexibility index (Phi) is 5.99. The minimum absolute atomic E-state index is 0.148. The SMILES string of the molecule is COCOC(C#CC(O)c1ccccc1)c1ccccc1. The van der Waals surface area contributed by atoms with E-state index in [1.807, 2.05) is 60.7 Å². The van der Waals surface area contributed by atoms with E-state index in [4.69, 9.17) is 9.47 Å². The van der Waals surface area contributed by atoms with Crippen LogP contribution in [0.15, 0.2) is 60.7 Å². The first-order valence-corrected chi connectivity index (χ1v) is 6.71. The molecule has 0 aliphatic carbocycles. The highest BCUT2D eigenvalue weighted by atomic mass is 16.7. The molecule has 0 aromatic heterocycles. The fraction of sp³-hybridized carbons (Fsp3) is 0.222. The van der Waals surface area contributed by atoms with Crippen LogP contribution in [0.1, 0.15) is 23.3 Å². The van der Waals surface area contributed by atoms with Crippen LogP contribution in [0.4, 0.5) is 0 Å². The Bertz CT molecular complexity index is 584. The van der Waals surface area contributed by atoms with Gasteiger partial charge in [-0.05, 0) is 11.1 Å². The molecule has 0 spiro atoms. The minimum atomic E-state index is -0.830. The molecule has 0 saturated carbocycles. The summed E-state index contributed by atoms with van der Waals surface area (Å²) in [5, 5.41) is 10.1. The molecule has 0 aliphatic rings. The molecule has 2 atom stereocenters. The maximum Gasteiger partial charge on any atom is 0.148 e. The second kappa shape index (κ2) is 8.23. The van der Waals surface area contributed by atoms with Gasteiger partial charge in [0, 0.05) is 7.11 Å². The Morgan fingerprint density at radius 2 is 1.48 bits per heavy atom. The molecule has 108 valence electrons. The van der Waals surface area contributed by atoms with Gasteiger partial charge in [-0.3, -0.25) is 0 Å². The van der Waals surface area contributed by atoms with Crippen molar-refractivity contribution in [3.8, 4) is 11.8 Å². The molecule has 21 heavy (non-hydrogen) atoms. The Hall–Kier alpha value is -2.12. The fourth-order valence-electron chi connectivity index (χ4n) is 1.86. The molecule has 0 fully saturated rings. The third kappa shape index (κ3) is 4.73. The van der Waals surface area contributed by atoms with Gasteiger partial charge < -0.3 is 14.6 Å². The normalized spacial score (nSPS) is 13.0. The molecule has 3 nitrogen and oxygen atoms in total. The van der Waals surface area contributed by atoms with E-state index in [1.54, 1.807) is 7.11 Å². The number of methoxy groups -OCH3 is 1. The first kappa shape index (κ1) is 15.3. The van der Waals surface area contributed by atoms with E-state index < -0.39 is 12.2 Å². The van der Waals surface area contributed by atoms with Crippen LogP contribution in [0.25, 0.3) is 0 Å². The summed E-state index contributed by atoms with van der Waals surface area (Å²) in [5.74, 6) is 5.80. The summed E-state index contributed by atoms with van der Waals surface area (Å²) in [5.41, 5.74) is 1.70. The zero-order valence-electron chi connectivity index (χ0n) is 11.9. The van der Waals surface area contributed by atoms with Gasteiger partial charge in [-0.15, -0.1) is 0 Å². The van der Waals surface area contributed by atoms with Crippen molar-refractivity contribution in [1.29, 1.82) is 0 Å². The maximum atomic E-state index is 10.1. The summed E-state index contributed by atoms with van der Waals surface area (Å²) in [6, 6.07) is 19.0. The summed E-state index contributed by atoms with van der Waals surface area (Å²) < 4.78 is 10.5. The van der Waals surface area contributed by atoms with Crippen molar-refractivity contribution >= 4 is 0 Å². The van der Waals surface area contributed by atoms with Gasteiger partial charge in [0.15, 0.2) is 0 Å². The van der Waals surface area contributed by atoms with Gasteiger partial charge in [0.05, 0.1) is 0 Å². The lowest BCUT2D eigenvalue weighted by Gasteiger charge is -2.12. The van der Waals surface area contributed by atoms with E-state index in [1.165, 1.54) is 0 Å². The van der Waals surface area contributed by atoms with Gasteiger partial charge >= 0.3 is 0 Å². The minimum Gasteiger partial charge on any atom is -0.376 e. The molecule has 1 N–H and O–H groups in total. The summed E-state index contributed by atoms with van der Waals surface area (Å²) >= 11 is 0. The van der Waals surface area contributed by atoms with E-state index in [0.717, 1.165) is 11.1 Å². The topological polar surface area (TPSA) is 38.7 Å². The van der Waals surface area contributed by atoms with Crippen LogP contribution in [-0.4, -0.2) is 19.0 Å². The Morgan fingerprint density at radius 3 is 2.05 bits per heavy atom. The van der Waals surface area contributed by atoms with Gasteiger partial charge in [0.1, 0.15) is 19.0 Å². The van der Waals surface area contributed by atoms with Crippen molar-refractivity contribution in [3.05, 3.63) is 71.8 Å². The van der Waals surface area contributed by atoms with Gasteiger partial charge in [0.2, 0.25) is 0 Å². The van der Waals surface area contributed by atoms with Crippen molar-refractivity contribution in [2.45, 2.75) is 12.2 Å². The van der Waals surface area contributed by atoms with Crippen LogP contribution < -0.4 is 0 Å². The van der Waals surface area contributed by atoms with Crippen molar-refractivity contribution in [2.75, 3.05) is 13.9 Å². The number of ether oxygens (including phenoxy) is 2. The van der Waals surface area contributed by atoms with Crippen LogP contribution in [0.2, 0.25) is 0 Å². The lowest BCUT2D eigenvalue weighted by Crippen LogP contribution is -2.05. The first-order chi connectivity index (χ1) is 10.3. The Morgan fingerprint density at radius 1 is 0.905 bits per heavy atom. The number of hydrogen-bond donors (Lipinski definition) is 1. The fourth-order valence-corrected chi connectivity index (χ4v) is 1.86. The molecule has 3 heteroatoms. The predicted molar refractivity (Wildman–Crippen MR) is 81.3 cm³/mol. The largest absolute Gasteiger partial charge is 0.376 e.